The van der Waals surface area contributed by atoms with E-state index in [0.29, 0.717) is 17.5 Å². The second-order valence-corrected chi connectivity index (χ2v) is 4.95. The number of benzene rings is 1. The van der Waals surface area contributed by atoms with Gasteiger partial charge in [0, 0.05) is 23.7 Å². The zero-order valence-electron chi connectivity index (χ0n) is 11.4. The smallest absolute Gasteiger partial charge is 0.305 e. The summed E-state index contributed by atoms with van der Waals surface area (Å²) < 4.78 is 1.86. The van der Waals surface area contributed by atoms with Gasteiger partial charge in [-0.1, -0.05) is 6.07 Å². The molecule has 100 valence electrons. The maximum Gasteiger partial charge on any atom is 0.305 e. The van der Waals surface area contributed by atoms with Crippen molar-refractivity contribution in [1.82, 2.24) is 4.57 Å². The molecule has 0 saturated heterocycles. The number of carbonyl (C=O) groups is 1. The molecule has 1 aromatic carbocycles. The van der Waals surface area contributed by atoms with E-state index in [-0.39, 0.29) is 11.8 Å². The van der Waals surface area contributed by atoms with E-state index >= 15 is 0 Å². The number of pyridine rings is 1. The lowest BCUT2D eigenvalue weighted by molar-refractivity contribution is -0.137. The van der Waals surface area contributed by atoms with Crippen LogP contribution in [0.3, 0.4) is 0 Å². The molecule has 0 aliphatic carbocycles. The van der Waals surface area contributed by atoms with Gasteiger partial charge in [-0.05, 0) is 38.0 Å². The third-order valence-electron chi connectivity index (χ3n) is 3.27. The predicted molar refractivity (Wildman–Crippen MR) is 74.7 cm³/mol. The SMILES string of the molecule is Cc1cc(C)c2c(=O)c(C)cn(CCC(=O)O)c2c1. The highest BCUT2D eigenvalue weighted by atomic mass is 16.4. The molecular weight excluding hydrogens is 242 g/mol. The van der Waals surface area contributed by atoms with Crippen LogP contribution in [0.25, 0.3) is 10.9 Å². The number of hydrogen-bond donors (Lipinski definition) is 1. The summed E-state index contributed by atoms with van der Waals surface area (Å²) in [5.41, 5.74) is 3.49. The van der Waals surface area contributed by atoms with Crippen LogP contribution in [0.5, 0.6) is 0 Å². The van der Waals surface area contributed by atoms with E-state index in [2.05, 4.69) is 0 Å². The average Bonchev–Trinajstić information content (AvgIpc) is 2.31. The first-order valence-corrected chi connectivity index (χ1v) is 6.23. The van der Waals surface area contributed by atoms with Gasteiger partial charge in [0.05, 0.1) is 11.9 Å². The number of aromatic nitrogens is 1. The molecule has 0 unspecified atom stereocenters. The van der Waals surface area contributed by atoms with Crippen molar-refractivity contribution in [3.8, 4) is 0 Å². The van der Waals surface area contributed by atoms with Crippen LogP contribution in [0.15, 0.2) is 23.1 Å². The molecule has 0 spiro atoms. The summed E-state index contributed by atoms with van der Waals surface area (Å²) in [6.45, 7) is 6.02. The molecule has 0 saturated carbocycles. The molecular formula is C15H17NO3. The third kappa shape index (κ3) is 2.52. The van der Waals surface area contributed by atoms with Crippen LogP contribution in [0.2, 0.25) is 0 Å². The topological polar surface area (TPSA) is 59.3 Å². The Bertz CT molecular complexity index is 713. The average molecular weight is 259 g/mol. The Balaban J connectivity index is 2.73. The van der Waals surface area contributed by atoms with Crippen LogP contribution >= 0.6 is 0 Å². The Morgan fingerprint density at radius 1 is 1.21 bits per heavy atom. The summed E-state index contributed by atoms with van der Waals surface area (Å²) in [5, 5.41) is 9.50. The molecule has 0 aliphatic heterocycles. The highest BCUT2D eigenvalue weighted by Crippen LogP contribution is 2.18. The highest BCUT2D eigenvalue weighted by molar-refractivity contribution is 5.84. The lowest BCUT2D eigenvalue weighted by atomic mass is 10.0. The van der Waals surface area contributed by atoms with Crippen LogP contribution in [-0.2, 0) is 11.3 Å². The van der Waals surface area contributed by atoms with Crippen LogP contribution in [0.1, 0.15) is 23.1 Å². The Hall–Kier alpha value is -2.10. The lowest BCUT2D eigenvalue weighted by Crippen LogP contribution is -2.15. The molecule has 1 aromatic heterocycles. The molecule has 19 heavy (non-hydrogen) atoms. The van der Waals surface area contributed by atoms with Crippen molar-refractivity contribution in [3.05, 3.63) is 45.2 Å². The molecule has 0 aliphatic rings. The van der Waals surface area contributed by atoms with Crippen molar-refractivity contribution < 1.29 is 9.90 Å². The molecule has 1 heterocycles. The van der Waals surface area contributed by atoms with Gasteiger partial charge in [0.2, 0.25) is 0 Å². The molecule has 2 aromatic rings. The number of carboxylic acid groups (broad SMARTS) is 1. The van der Waals surface area contributed by atoms with Crippen LogP contribution in [0.4, 0.5) is 0 Å². The monoisotopic (exact) mass is 259 g/mol. The maximum absolute atomic E-state index is 12.2. The Morgan fingerprint density at radius 3 is 2.53 bits per heavy atom. The minimum absolute atomic E-state index is 0.0269. The minimum atomic E-state index is -0.839. The van der Waals surface area contributed by atoms with E-state index in [1.54, 1.807) is 13.1 Å². The Labute approximate surface area is 111 Å². The van der Waals surface area contributed by atoms with Crippen LogP contribution in [0, 0.1) is 20.8 Å². The van der Waals surface area contributed by atoms with Crippen LogP contribution in [-0.4, -0.2) is 15.6 Å². The molecule has 4 heteroatoms. The van der Waals surface area contributed by atoms with Gasteiger partial charge in [-0.3, -0.25) is 9.59 Å². The van der Waals surface area contributed by atoms with Crippen molar-refractivity contribution >= 4 is 16.9 Å². The van der Waals surface area contributed by atoms with E-state index in [4.69, 9.17) is 5.11 Å². The van der Waals surface area contributed by atoms with Gasteiger partial charge in [0.15, 0.2) is 5.43 Å². The molecule has 0 radical (unpaired) electrons. The largest absolute Gasteiger partial charge is 0.481 e. The van der Waals surface area contributed by atoms with Gasteiger partial charge in [-0.15, -0.1) is 0 Å². The summed E-state index contributed by atoms with van der Waals surface area (Å²) >= 11 is 0. The number of carboxylic acids is 1. The van der Waals surface area contributed by atoms with Crippen molar-refractivity contribution in [3.63, 3.8) is 0 Å². The number of fused-ring (bicyclic) bond motifs is 1. The second kappa shape index (κ2) is 4.88. The zero-order valence-corrected chi connectivity index (χ0v) is 11.4. The first kappa shape index (κ1) is 13.3. The number of aliphatic carboxylic acids is 1. The van der Waals surface area contributed by atoms with Crippen molar-refractivity contribution in [1.29, 1.82) is 0 Å². The second-order valence-electron chi connectivity index (χ2n) is 4.95. The van der Waals surface area contributed by atoms with E-state index in [1.807, 2.05) is 30.5 Å². The number of nitrogens with zero attached hydrogens (tertiary/aromatic N) is 1. The fourth-order valence-electron chi connectivity index (χ4n) is 2.43. The summed E-state index contributed by atoms with van der Waals surface area (Å²) in [5.74, 6) is -0.839. The molecule has 0 fully saturated rings. The normalized spacial score (nSPS) is 10.9. The first-order valence-electron chi connectivity index (χ1n) is 6.23. The molecule has 0 amide bonds. The summed E-state index contributed by atoms with van der Waals surface area (Å²) in [4.78, 5) is 22.9. The fourth-order valence-corrected chi connectivity index (χ4v) is 2.43. The van der Waals surface area contributed by atoms with E-state index in [0.717, 1.165) is 16.6 Å². The van der Waals surface area contributed by atoms with Gasteiger partial charge in [-0.25, -0.2) is 0 Å². The minimum Gasteiger partial charge on any atom is -0.481 e. The molecule has 1 N–H and O–H groups in total. The number of rotatable bonds is 3. The Kier molecular flexibility index (Phi) is 3.42. The summed E-state index contributed by atoms with van der Waals surface area (Å²) in [6.07, 6.45) is 1.79. The molecule has 4 nitrogen and oxygen atoms in total. The Morgan fingerprint density at radius 2 is 1.89 bits per heavy atom. The quantitative estimate of drug-likeness (QED) is 0.920. The predicted octanol–water partition coefficient (Wildman–Crippen LogP) is 2.40. The van der Waals surface area contributed by atoms with Crippen LogP contribution < -0.4 is 5.43 Å². The molecule has 0 bridgehead atoms. The standard InChI is InChI=1S/C15H17NO3/c1-9-6-10(2)14-12(7-9)16(5-4-13(17)18)8-11(3)15(14)19/h6-8H,4-5H2,1-3H3,(H,17,18). The third-order valence-corrected chi connectivity index (χ3v) is 3.27. The van der Waals surface area contributed by atoms with Crippen molar-refractivity contribution in [2.45, 2.75) is 33.7 Å². The zero-order chi connectivity index (χ0) is 14.2. The van der Waals surface area contributed by atoms with Gasteiger partial charge in [0.1, 0.15) is 0 Å². The van der Waals surface area contributed by atoms with E-state index in [9.17, 15) is 9.59 Å². The molecule has 0 atom stereocenters. The van der Waals surface area contributed by atoms with Crippen molar-refractivity contribution in [2.75, 3.05) is 0 Å². The van der Waals surface area contributed by atoms with Gasteiger partial charge in [-0.2, -0.15) is 0 Å². The molecule has 2 rings (SSSR count). The summed E-state index contributed by atoms with van der Waals surface area (Å²) in [7, 11) is 0. The van der Waals surface area contributed by atoms with Gasteiger partial charge < -0.3 is 9.67 Å². The van der Waals surface area contributed by atoms with E-state index in [1.165, 1.54) is 0 Å². The summed E-state index contributed by atoms with van der Waals surface area (Å²) in [6, 6.07) is 3.91. The van der Waals surface area contributed by atoms with E-state index < -0.39 is 5.97 Å². The fraction of sp³-hybridized carbons (Fsp3) is 0.333. The first-order chi connectivity index (χ1) is 8.90. The number of hydrogen-bond acceptors (Lipinski definition) is 2. The maximum atomic E-state index is 12.2. The highest BCUT2D eigenvalue weighted by Gasteiger charge is 2.10. The van der Waals surface area contributed by atoms with Gasteiger partial charge in [0.25, 0.3) is 0 Å². The number of aryl methyl sites for hydroxylation is 4. The van der Waals surface area contributed by atoms with Gasteiger partial charge >= 0.3 is 5.97 Å². The van der Waals surface area contributed by atoms with Crippen molar-refractivity contribution in [2.24, 2.45) is 0 Å². The lowest BCUT2D eigenvalue weighted by Gasteiger charge is -2.13.